The van der Waals surface area contributed by atoms with Crippen molar-refractivity contribution in [1.29, 1.82) is 0 Å². The first kappa shape index (κ1) is 19.7. The fourth-order valence-electron chi connectivity index (χ4n) is 2.06. The van der Waals surface area contributed by atoms with E-state index in [0.717, 1.165) is 16.7 Å². The number of ether oxygens (including phenoxy) is 2. The van der Waals surface area contributed by atoms with E-state index in [1.807, 2.05) is 24.3 Å². The minimum absolute atomic E-state index is 0.246. The Morgan fingerprint density at radius 1 is 0.963 bits per heavy atom. The molecule has 0 radical (unpaired) electrons. The average molecular weight is 379 g/mol. The van der Waals surface area contributed by atoms with Gasteiger partial charge in [-0.3, -0.25) is 0 Å². The molecule has 0 atom stereocenters. The second-order valence-corrected chi connectivity index (χ2v) is 4.95. The molecule has 0 aliphatic heterocycles. The number of halogens is 3. The number of hydrogen-bond acceptors (Lipinski definition) is 6. The summed E-state index contributed by atoms with van der Waals surface area (Å²) in [5.41, 5.74) is 2.59. The summed E-state index contributed by atoms with van der Waals surface area (Å²) >= 11 is 0. The molecular formula is C17H12F3N3O4. The molecule has 0 amide bonds. The molecule has 0 unspecified atom stereocenters. The number of H-pyrrole nitrogens is 1. The Balaban J connectivity index is 0.000000817. The van der Waals surface area contributed by atoms with Crippen LogP contribution < -0.4 is 9.47 Å². The SMILES string of the molecule is FC(F)(F)Oc1ccc(-c2ccc(COc3cn[nH]n3)cc2)cc1.O=C=O. The zero-order chi connectivity index (χ0) is 19.7. The molecule has 1 aromatic heterocycles. The van der Waals surface area contributed by atoms with Crippen LogP contribution in [0.5, 0.6) is 11.6 Å². The first-order valence-electron chi connectivity index (χ1n) is 7.34. The van der Waals surface area contributed by atoms with Crippen LogP contribution in [0.4, 0.5) is 13.2 Å². The third kappa shape index (κ3) is 6.63. The molecule has 7 nitrogen and oxygen atoms in total. The molecule has 1 N–H and O–H groups in total. The second-order valence-electron chi connectivity index (χ2n) is 4.95. The van der Waals surface area contributed by atoms with Crippen LogP contribution in [-0.2, 0) is 16.2 Å². The third-order valence-corrected chi connectivity index (χ3v) is 3.15. The molecule has 140 valence electrons. The number of alkyl halides is 3. The summed E-state index contributed by atoms with van der Waals surface area (Å²) < 4.78 is 45.7. The summed E-state index contributed by atoms with van der Waals surface area (Å²) in [5, 5.41) is 9.87. The Bertz CT molecular complexity index is 858. The highest BCUT2D eigenvalue weighted by Crippen LogP contribution is 2.26. The van der Waals surface area contributed by atoms with Crippen LogP contribution in [0.3, 0.4) is 0 Å². The van der Waals surface area contributed by atoms with Gasteiger partial charge in [0.05, 0.1) is 0 Å². The molecular weight excluding hydrogens is 367 g/mol. The van der Waals surface area contributed by atoms with E-state index in [1.54, 1.807) is 12.1 Å². The number of nitrogens with zero attached hydrogens (tertiary/aromatic N) is 2. The topological polar surface area (TPSA) is 94.2 Å². The fourth-order valence-corrected chi connectivity index (χ4v) is 2.06. The third-order valence-electron chi connectivity index (χ3n) is 3.15. The molecule has 3 rings (SSSR count). The molecule has 0 aliphatic carbocycles. The molecule has 0 spiro atoms. The number of rotatable bonds is 5. The van der Waals surface area contributed by atoms with E-state index in [4.69, 9.17) is 14.3 Å². The van der Waals surface area contributed by atoms with Crippen molar-refractivity contribution < 1.29 is 32.2 Å². The lowest BCUT2D eigenvalue weighted by Gasteiger charge is -2.09. The summed E-state index contributed by atoms with van der Waals surface area (Å²) in [6.45, 7) is 0.338. The van der Waals surface area contributed by atoms with E-state index in [1.165, 1.54) is 18.3 Å². The average Bonchev–Trinajstić information content (AvgIpc) is 3.14. The quantitative estimate of drug-likeness (QED) is 0.731. The van der Waals surface area contributed by atoms with Crippen molar-refractivity contribution in [3.8, 4) is 22.8 Å². The number of carbonyl (C=O) groups excluding carboxylic acids is 2. The fraction of sp³-hybridized carbons (Fsp3) is 0.118. The van der Waals surface area contributed by atoms with Crippen LogP contribution in [0, 0.1) is 0 Å². The molecule has 3 aromatic rings. The van der Waals surface area contributed by atoms with Crippen molar-refractivity contribution in [3.05, 3.63) is 60.3 Å². The van der Waals surface area contributed by atoms with Gasteiger partial charge in [0.2, 0.25) is 0 Å². The zero-order valence-electron chi connectivity index (χ0n) is 13.6. The molecule has 0 saturated heterocycles. The van der Waals surface area contributed by atoms with Gasteiger partial charge in [0.1, 0.15) is 18.6 Å². The number of aromatic amines is 1. The van der Waals surface area contributed by atoms with Crippen LogP contribution in [-0.4, -0.2) is 27.9 Å². The number of benzene rings is 2. The Labute approximate surface area is 150 Å². The Morgan fingerprint density at radius 3 is 2.00 bits per heavy atom. The van der Waals surface area contributed by atoms with Crippen molar-refractivity contribution in [2.75, 3.05) is 0 Å². The summed E-state index contributed by atoms with van der Waals surface area (Å²) in [5.74, 6) is 0.156. The smallest absolute Gasteiger partial charge is 0.471 e. The summed E-state index contributed by atoms with van der Waals surface area (Å²) in [6.07, 6.45) is -2.97. The first-order valence-corrected chi connectivity index (χ1v) is 7.34. The maximum absolute atomic E-state index is 12.1. The lowest BCUT2D eigenvalue weighted by molar-refractivity contribution is -0.274. The summed E-state index contributed by atoms with van der Waals surface area (Å²) in [7, 11) is 0. The van der Waals surface area contributed by atoms with E-state index in [0.29, 0.717) is 12.5 Å². The van der Waals surface area contributed by atoms with Gasteiger partial charge in [-0.1, -0.05) is 36.4 Å². The lowest BCUT2D eigenvalue weighted by atomic mass is 10.0. The van der Waals surface area contributed by atoms with E-state index in [9.17, 15) is 13.2 Å². The van der Waals surface area contributed by atoms with Gasteiger partial charge in [-0.05, 0) is 28.8 Å². The molecule has 1 heterocycles. The Hall–Kier alpha value is -3.65. The van der Waals surface area contributed by atoms with Gasteiger partial charge >= 0.3 is 12.5 Å². The highest BCUT2D eigenvalue weighted by Gasteiger charge is 2.30. The lowest BCUT2D eigenvalue weighted by Crippen LogP contribution is -2.16. The second kappa shape index (κ2) is 9.16. The minimum Gasteiger partial charge on any atom is -0.471 e. The van der Waals surface area contributed by atoms with Crippen LogP contribution in [0.25, 0.3) is 11.1 Å². The van der Waals surface area contributed by atoms with E-state index in [-0.39, 0.29) is 11.9 Å². The minimum atomic E-state index is -4.69. The molecule has 0 bridgehead atoms. The van der Waals surface area contributed by atoms with Crippen molar-refractivity contribution in [3.63, 3.8) is 0 Å². The van der Waals surface area contributed by atoms with Gasteiger partial charge in [-0.15, -0.1) is 18.3 Å². The highest BCUT2D eigenvalue weighted by atomic mass is 19.4. The maximum atomic E-state index is 12.1. The molecule has 27 heavy (non-hydrogen) atoms. The summed E-state index contributed by atoms with van der Waals surface area (Å²) in [6, 6.07) is 13.2. The van der Waals surface area contributed by atoms with Gasteiger partial charge in [0, 0.05) is 0 Å². The van der Waals surface area contributed by atoms with Gasteiger partial charge < -0.3 is 9.47 Å². The summed E-state index contributed by atoms with van der Waals surface area (Å²) in [4.78, 5) is 16.2. The normalized spacial score (nSPS) is 10.3. The van der Waals surface area contributed by atoms with Gasteiger partial charge in [-0.25, -0.2) is 0 Å². The van der Waals surface area contributed by atoms with Crippen molar-refractivity contribution >= 4 is 6.15 Å². The van der Waals surface area contributed by atoms with Crippen LogP contribution in [0.15, 0.2) is 54.7 Å². The highest BCUT2D eigenvalue weighted by molar-refractivity contribution is 5.64. The molecule has 0 fully saturated rings. The van der Waals surface area contributed by atoms with Crippen molar-refractivity contribution in [2.45, 2.75) is 13.0 Å². The zero-order valence-corrected chi connectivity index (χ0v) is 13.6. The predicted molar refractivity (Wildman–Crippen MR) is 84.3 cm³/mol. The maximum Gasteiger partial charge on any atom is 0.573 e. The monoisotopic (exact) mass is 379 g/mol. The van der Waals surface area contributed by atoms with Crippen LogP contribution >= 0.6 is 0 Å². The number of nitrogens with one attached hydrogen (secondary N) is 1. The van der Waals surface area contributed by atoms with E-state index < -0.39 is 6.36 Å². The molecule has 2 aromatic carbocycles. The Morgan fingerprint density at radius 2 is 1.52 bits per heavy atom. The molecule has 0 saturated carbocycles. The van der Waals surface area contributed by atoms with Crippen LogP contribution in [0.2, 0.25) is 0 Å². The van der Waals surface area contributed by atoms with E-state index >= 15 is 0 Å². The molecule has 10 heteroatoms. The van der Waals surface area contributed by atoms with Crippen molar-refractivity contribution in [1.82, 2.24) is 15.4 Å². The van der Waals surface area contributed by atoms with Crippen LogP contribution in [0.1, 0.15) is 5.56 Å². The van der Waals surface area contributed by atoms with E-state index in [2.05, 4.69) is 20.1 Å². The number of aromatic nitrogens is 3. The van der Waals surface area contributed by atoms with Gasteiger partial charge in [0.25, 0.3) is 5.88 Å². The van der Waals surface area contributed by atoms with Crippen molar-refractivity contribution in [2.24, 2.45) is 0 Å². The standard InChI is InChI=1S/C16H12F3N3O2.CO2/c17-16(18,19)24-14-7-5-13(6-8-14)12-3-1-11(2-4-12)10-23-15-9-20-22-21-15;2-1-3/h1-9H,10H2,(H,20,21,22);. The van der Waals surface area contributed by atoms with Gasteiger partial charge in [0.15, 0.2) is 0 Å². The predicted octanol–water partition coefficient (Wildman–Crippen LogP) is 3.37. The molecule has 0 aliphatic rings. The van der Waals surface area contributed by atoms with Gasteiger partial charge in [-0.2, -0.15) is 19.9 Å². The first-order chi connectivity index (χ1) is 12.9. The Kier molecular flexibility index (Phi) is 6.67. The number of hydrogen-bond donors (Lipinski definition) is 1. The largest absolute Gasteiger partial charge is 0.573 e.